The van der Waals surface area contributed by atoms with E-state index in [-0.39, 0.29) is 5.91 Å². The second kappa shape index (κ2) is 7.81. The van der Waals surface area contributed by atoms with E-state index in [0.717, 1.165) is 43.7 Å². The SMILES string of the molecule is CC(C)CC(CNC(=O)c1cc2ccccc2o1)N1CCOCC1. The zero-order chi connectivity index (χ0) is 16.9. The molecule has 1 N–H and O–H groups in total. The Morgan fingerprint density at radius 3 is 2.71 bits per heavy atom. The highest BCUT2D eigenvalue weighted by Crippen LogP contribution is 2.19. The number of amides is 1. The molecule has 0 bridgehead atoms. The minimum absolute atomic E-state index is 0.145. The Morgan fingerprint density at radius 2 is 2.00 bits per heavy atom. The number of carbonyl (C=O) groups excluding carboxylic acids is 1. The highest BCUT2D eigenvalue weighted by molar-refractivity contribution is 5.96. The Hall–Kier alpha value is -1.85. The molecule has 1 saturated heterocycles. The van der Waals surface area contributed by atoms with Crippen molar-refractivity contribution in [1.82, 2.24) is 10.2 Å². The van der Waals surface area contributed by atoms with Crippen LogP contribution in [0.3, 0.4) is 0 Å². The summed E-state index contributed by atoms with van der Waals surface area (Å²) in [6.45, 7) is 8.46. The number of hydrogen-bond donors (Lipinski definition) is 1. The lowest BCUT2D eigenvalue weighted by atomic mass is 10.0. The van der Waals surface area contributed by atoms with Crippen LogP contribution in [-0.4, -0.2) is 49.7 Å². The van der Waals surface area contributed by atoms with Crippen molar-refractivity contribution >= 4 is 16.9 Å². The average molecular weight is 330 g/mol. The quantitative estimate of drug-likeness (QED) is 0.885. The molecule has 1 fully saturated rings. The molecule has 1 aliphatic heterocycles. The Balaban J connectivity index is 1.63. The maximum absolute atomic E-state index is 12.4. The summed E-state index contributed by atoms with van der Waals surface area (Å²) < 4.78 is 11.1. The van der Waals surface area contributed by atoms with Gasteiger partial charge in [-0.05, 0) is 24.5 Å². The van der Waals surface area contributed by atoms with Gasteiger partial charge in [-0.2, -0.15) is 0 Å². The zero-order valence-corrected chi connectivity index (χ0v) is 14.5. The van der Waals surface area contributed by atoms with E-state index in [4.69, 9.17) is 9.15 Å². The molecule has 1 aromatic carbocycles. The summed E-state index contributed by atoms with van der Waals surface area (Å²) in [5, 5.41) is 4.00. The molecule has 0 radical (unpaired) electrons. The van der Waals surface area contributed by atoms with Gasteiger partial charge in [0, 0.05) is 31.1 Å². The van der Waals surface area contributed by atoms with Gasteiger partial charge in [-0.25, -0.2) is 0 Å². The molecule has 0 spiro atoms. The molecule has 1 aromatic heterocycles. The van der Waals surface area contributed by atoms with Crippen molar-refractivity contribution in [2.24, 2.45) is 5.92 Å². The van der Waals surface area contributed by atoms with Crippen molar-refractivity contribution in [3.63, 3.8) is 0 Å². The fourth-order valence-electron chi connectivity index (χ4n) is 3.24. The third-order valence-electron chi connectivity index (χ3n) is 4.45. The van der Waals surface area contributed by atoms with Crippen LogP contribution in [0.25, 0.3) is 11.0 Å². The maximum Gasteiger partial charge on any atom is 0.287 e. The summed E-state index contributed by atoms with van der Waals surface area (Å²) in [4.78, 5) is 14.9. The van der Waals surface area contributed by atoms with Gasteiger partial charge in [-0.1, -0.05) is 32.0 Å². The Kier molecular flexibility index (Phi) is 5.53. The molecule has 24 heavy (non-hydrogen) atoms. The number of nitrogens with zero attached hydrogens (tertiary/aromatic N) is 1. The topological polar surface area (TPSA) is 54.7 Å². The Bertz CT molecular complexity index is 641. The van der Waals surface area contributed by atoms with Crippen molar-refractivity contribution in [3.8, 4) is 0 Å². The first-order valence-electron chi connectivity index (χ1n) is 8.72. The minimum atomic E-state index is -0.145. The Labute approximate surface area is 143 Å². The molecule has 3 rings (SSSR count). The number of fused-ring (bicyclic) bond motifs is 1. The monoisotopic (exact) mass is 330 g/mol. The lowest BCUT2D eigenvalue weighted by Gasteiger charge is -2.35. The number of rotatable bonds is 6. The van der Waals surface area contributed by atoms with Gasteiger partial charge in [-0.3, -0.25) is 9.69 Å². The number of nitrogens with one attached hydrogen (secondary N) is 1. The van der Waals surface area contributed by atoms with E-state index < -0.39 is 0 Å². The molecule has 1 unspecified atom stereocenters. The summed E-state index contributed by atoms with van der Waals surface area (Å²) in [5.74, 6) is 0.815. The molecule has 1 amide bonds. The van der Waals surface area contributed by atoms with Crippen LogP contribution >= 0.6 is 0 Å². The van der Waals surface area contributed by atoms with Gasteiger partial charge >= 0.3 is 0 Å². The fourth-order valence-corrected chi connectivity index (χ4v) is 3.24. The predicted molar refractivity (Wildman–Crippen MR) is 94.2 cm³/mol. The number of morpholine rings is 1. The first kappa shape index (κ1) is 17.0. The second-order valence-electron chi connectivity index (χ2n) is 6.79. The standard InChI is InChI=1S/C19H26N2O3/c1-14(2)11-16(21-7-9-23-10-8-21)13-20-19(22)18-12-15-5-3-4-6-17(15)24-18/h3-6,12,14,16H,7-11,13H2,1-2H3,(H,20,22). The van der Waals surface area contributed by atoms with E-state index in [1.807, 2.05) is 24.3 Å². The number of benzene rings is 1. The fraction of sp³-hybridized carbons (Fsp3) is 0.526. The number of carbonyl (C=O) groups is 1. The van der Waals surface area contributed by atoms with Crippen LogP contribution in [0.2, 0.25) is 0 Å². The van der Waals surface area contributed by atoms with Gasteiger partial charge in [0.05, 0.1) is 13.2 Å². The summed E-state index contributed by atoms with van der Waals surface area (Å²) >= 11 is 0. The first-order valence-corrected chi connectivity index (χ1v) is 8.72. The molecule has 130 valence electrons. The van der Waals surface area contributed by atoms with Gasteiger partial charge in [0.15, 0.2) is 5.76 Å². The van der Waals surface area contributed by atoms with Crippen molar-refractivity contribution in [2.75, 3.05) is 32.8 Å². The highest BCUT2D eigenvalue weighted by atomic mass is 16.5. The molecular formula is C19H26N2O3. The summed E-state index contributed by atoms with van der Waals surface area (Å²) in [7, 11) is 0. The van der Waals surface area contributed by atoms with Gasteiger partial charge in [0.2, 0.25) is 0 Å². The van der Waals surface area contributed by atoms with Gasteiger partial charge in [0.25, 0.3) is 5.91 Å². The van der Waals surface area contributed by atoms with E-state index in [0.29, 0.717) is 24.3 Å². The van der Waals surface area contributed by atoms with Crippen LogP contribution in [0.15, 0.2) is 34.7 Å². The Morgan fingerprint density at radius 1 is 1.25 bits per heavy atom. The molecule has 0 saturated carbocycles. The van der Waals surface area contributed by atoms with Crippen molar-refractivity contribution in [1.29, 1.82) is 0 Å². The van der Waals surface area contributed by atoms with Crippen LogP contribution in [0.1, 0.15) is 30.8 Å². The minimum Gasteiger partial charge on any atom is -0.451 e. The number of para-hydroxylation sites is 1. The zero-order valence-electron chi connectivity index (χ0n) is 14.5. The van der Waals surface area contributed by atoms with Crippen molar-refractivity contribution in [2.45, 2.75) is 26.3 Å². The normalized spacial score (nSPS) is 17.3. The van der Waals surface area contributed by atoms with Crippen molar-refractivity contribution in [3.05, 3.63) is 36.1 Å². The van der Waals surface area contributed by atoms with Gasteiger partial charge < -0.3 is 14.5 Å². The average Bonchev–Trinajstić information content (AvgIpc) is 3.03. The molecule has 2 heterocycles. The van der Waals surface area contributed by atoms with Gasteiger partial charge in [0.1, 0.15) is 5.58 Å². The van der Waals surface area contributed by atoms with E-state index in [1.54, 1.807) is 6.07 Å². The molecule has 1 atom stereocenters. The molecule has 5 heteroatoms. The second-order valence-corrected chi connectivity index (χ2v) is 6.79. The van der Waals surface area contributed by atoms with E-state index in [2.05, 4.69) is 24.1 Å². The van der Waals surface area contributed by atoms with Crippen LogP contribution in [0, 0.1) is 5.92 Å². The first-order chi connectivity index (χ1) is 11.6. The molecule has 0 aliphatic carbocycles. The van der Waals surface area contributed by atoms with Crippen LogP contribution in [-0.2, 0) is 4.74 Å². The highest BCUT2D eigenvalue weighted by Gasteiger charge is 2.23. The number of hydrogen-bond acceptors (Lipinski definition) is 4. The third kappa shape index (κ3) is 4.16. The lowest BCUT2D eigenvalue weighted by molar-refractivity contribution is 0.0124. The van der Waals surface area contributed by atoms with Crippen LogP contribution in [0.5, 0.6) is 0 Å². The van der Waals surface area contributed by atoms with E-state index in [1.165, 1.54) is 0 Å². The van der Waals surface area contributed by atoms with E-state index in [9.17, 15) is 4.79 Å². The predicted octanol–water partition coefficient (Wildman–Crippen LogP) is 2.91. The summed E-state index contributed by atoms with van der Waals surface area (Å²) in [6.07, 6.45) is 1.06. The molecule has 5 nitrogen and oxygen atoms in total. The van der Waals surface area contributed by atoms with Crippen LogP contribution < -0.4 is 5.32 Å². The maximum atomic E-state index is 12.4. The molecule has 1 aliphatic rings. The molecule has 2 aromatic rings. The van der Waals surface area contributed by atoms with Gasteiger partial charge in [-0.15, -0.1) is 0 Å². The largest absolute Gasteiger partial charge is 0.451 e. The summed E-state index contributed by atoms with van der Waals surface area (Å²) in [6, 6.07) is 9.81. The number of furan rings is 1. The lowest BCUT2D eigenvalue weighted by Crippen LogP contribution is -2.49. The van der Waals surface area contributed by atoms with E-state index >= 15 is 0 Å². The summed E-state index contributed by atoms with van der Waals surface area (Å²) in [5.41, 5.74) is 0.745. The van der Waals surface area contributed by atoms with Crippen LogP contribution in [0.4, 0.5) is 0 Å². The van der Waals surface area contributed by atoms with Crippen molar-refractivity contribution < 1.29 is 13.9 Å². The third-order valence-corrected chi connectivity index (χ3v) is 4.45. The molecular weight excluding hydrogens is 304 g/mol. The smallest absolute Gasteiger partial charge is 0.287 e. The number of ether oxygens (including phenoxy) is 1.